The number of anilines is 2. The molecule has 0 unspecified atom stereocenters. The number of carbonyl (C=O) groups excluding carboxylic acids is 3. The molecule has 1 saturated heterocycles. The molecule has 0 radical (unpaired) electrons. The molecule has 0 saturated carbocycles. The normalized spacial score (nSPS) is 13.7. The molecule has 0 N–H and O–H groups in total. The van der Waals surface area contributed by atoms with Crippen molar-refractivity contribution >= 4 is 50.1 Å². The molecule has 164 valence electrons. The molecule has 2 aromatic carbocycles. The lowest BCUT2D eigenvalue weighted by Crippen LogP contribution is -2.31. The van der Waals surface area contributed by atoms with Gasteiger partial charge in [0.2, 0.25) is 11.8 Å². The van der Waals surface area contributed by atoms with Crippen molar-refractivity contribution in [3.63, 3.8) is 0 Å². The smallest absolute Gasteiger partial charge is 0.260 e. The van der Waals surface area contributed by atoms with Crippen molar-refractivity contribution in [3.05, 3.63) is 83.7 Å². The quantitative estimate of drug-likeness (QED) is 0.413. The summed E-state index contributed by atoms with van der Waals surface area (Å²) in [5.74, 6) is -0.770. The van der Waals surface area contributed by atoms with Crippen LogP contribution in [0.15, 0.2) is 67.0 Å². The van der Waals surface area contributed by atoms with Crippen LogP contribution in [0.1, 0.15) is 34.3 Å². The molecule has 0 bridgehead atoms. The molecule has 0 spiro atoms. The summed E-state index contributed by atoms with van der Waals surface area (Å²) >= 11 is 1.45. The van der Waals surface area contributed by atoms with Gasteiger partial charge in [0.15, 0.2) is 5.13 Å². The van der Waals surface area contributed by atoms with Gasteiger partial charge in [-0.25, -0.2) is 4.98 Å². The van der Waals surface area contributed by atoms with Gasteiger partial charge in [-0.3, -0.25) is 29.2 Å². The van der Waals surface area contributed by atoms with Crippen molar-refractivity contribution in [2.75, 3.05) is 9.80 Å². The van der Waals surface area contributed by atoms with Gasteiger partial charge in [0.25, 0.3) is 5.91 Å². The lowest BCUT2D eigenvalue weighted by molar-refractivity contribution is -0.121. The maximum Gasteiger partial charge on any atom is 0.260 e. The Hall–Kier alpha value is -3.91. The molecular formula is C25H20N4O3S. The molecule has 2 aromatic heterocycles. The molecule has 3 heterocycles. The molecule has 8 heteroatoms. The fourth-order valence-corrected chi connectivity index (χ4v) is 4.93. The molecule has 0 aliphatic carbocycles. The number of hydrogen-bond donors (Lipinski definition) is 0. The Labute approximate surface area is 194 Å². The Balaban J connectivity index is 1.55. The second-order valence-electron chi connectivity index (χ2n) is 7.84. The van der Waals surface area contributed by atoms with Crippen molar-refractivity contribution in [2.24, 2.45) is 0 Å². The molecule has 1 aliphatic heterocycles. The molecule has 0 atom stereocenters. The first-order valence-electron chi connectivity index (χ1n) is 10.5. The van der Waals surface area contributed by atoms with E-state index in [2.05, 4.69) is 4.98 Å². The number of benzene rings is 2. The van der Waals surface area contributed by atoms with E-state index < -0.39 is 0 Å². The van der Waals surface area contributed by atoms with Crippen molar-refractivity contribution < 1.29 is 14.4 Å². The standard InChI is InChI=1S/C25H20N4O3S/c1-16-5-2-9-20-23(16)27-25(33-20)28(15-17-6-4-12-26-14-17)24(32)18-7-3-8-19(13-18)29-21(30)10-11-22(29)31/h2-9,12-14H,10-11,15H2,1H3. The first kappa shape index (κ1) is 21.0. The Morgan fingerprint density at radius 2 is 1.85 bits per heavy atom. The van der Waals surface area contributed by atoms with Crippen LogP contribution in [0.4, 0.5) is 10.8 Å². The van der Waals surface area contributed by atoms with E-state index in [1.54, 1.807) is 41.6 Å². The zero-order valence-electron chi connectivity index (χ0n) is 17.9. The molecule has 3 amide bonds. The molecular weight excluding hydrogens is 436 g/mol. The fraction of sp³-hybridized carbons (Fsp3) is 0.160. The van der Waals surface area contributed by atoms with Gasteiger partial charge in [0.1, 0.15) is 0 Å². The zero-order valence-corrected chi connectivity index (χ0v) is 18.7. The molecule has 7 nitrogen and oxygen atoms in total. The van der Waals surface area contributed by atoms with E-state index in [-0.39, 0.29) is 37.1 Å². The Morgan fingerprint density at radius 1 is 1.06 bits per heavy atom. The monoisotopic (exact) mass is 456 g/mol. The summed E-state index contributed by atoms with van der Waals surface area (Å²) in [5, 5.41) is 0.576. The number of rotatable bonds is 5. The fourth-order valence-electron chi connectivity index (χ4n) is 3.89. The van der Waals surface area contributed by atoms with Crippen molar-refractivity contribution in [1.82, 2.24) is 9.97 Å². The van der Waals surface area contributed by atoms with Crippen molar-refractivity contribution in [2.45, 2.75) is 26.3 Å². The minimum atomic E-state index is -0.267. The Bertz CT molecular complexity index is 1370. The number of aryl methyl sites for hydroxylation is 1. The number of aromatic nitrogens is 2. The number of imide groups is 1. The maximum absolute atomic E-state index is 13.7. The first-order valence-corrected chi connectivity index (χ1v) is 11.4. The highest BCUT2D eigenvalue weighted by Crippen LogP contribution is 2.33. The lowest BCUT2D eigenvalue weighted by atomic mass is 10.1. The summed E-state index contributed by atoms with van der Waals surface area (Å²) in [6, 6.07) is 16.3. The number of thiazole rings is 1. The van der Waals surface area contributed by atoms with Crippen LogP contribution in [0.25, 0.3) is 10.2 Å². The second kappa shape index (κ2) is 8.55. The summed E-state index contributed by atoms with van der Waals surface area (Å²) < 4.78 is 0.996. The minimum absolute atomic E-state index is 0.190. The van der Waals surface area contributed by atoms with Gasteiger partial charge >= 0.3 is 0 Å². The van der Waals surface area contributed by atoms with E-state index >= 15 is 0 Å². The van der Waals surface area contributed by atoms with E-state index in [1.807, 2.05) is 37.3 Å². The van der Waals surface area contributed by atoms with Gasteiger partial charge in [-0.15, -0.1) is 0 Å². The van der Waals surface area contributed by atoms with Crippen LogP contribution in [0.5, 0.6) is 0 Å². The maximum atomic E-state index is 13.7. The van der Waals surface area contributed by atoms with Crippen LogP contribution in [-0.4, -0.2) is 27.7 Å². The topological polar surface area (TPSA) is 83.5 Å². The molecule has 1 fully saturated rings. The van der Waals surface area contributed by atoms with Crippen LogP contribution < -0.4 is 9.80 Å². The van der Waals surface area contributed by atoms with Gasteiger partial charge in [0.05, 0.1) is 22.4 Å². The second-order valence-corrected chi connectivity index (χ2v) is 8.85. The molecule has 1 aliphatic rings. The predicted molar refractivity (Wildman–Crippen MR) is 127 cm³/mol. The number of fused-ring (bicyclic) bond motifs is 1. The SMILES string of the molecule is Cc1cccc2sc(N(Cc3cccnc3)C(=O)c3cccc(N4C(=O)CCC4=O)c3)nc12. The van der Waals surface area contributed by atoms with Crippen LogP contribution in [0.2, 0.25) is 0 Å². The summed E-state index contributed by atoms with van der Waals surface area (Å²) in [5.41, 5.74) is 3.55. The molecule has 4 aromatic rings. The first-order chi connectivity index (χ1) is 16.0. The van der Waals surface area contributed by atoms with Gasteiger partial charge < -0.3 is 0 Å². The summed E-state index contributed by atoms with van der Waals surface area (Å²) in [4.78, 5) is 49.8. The Morgan fingerprint density at radius 3 is 2.58 bits per heavy atom. The van der Waals surface area contributed by atoms with Crippen LogP contribution in [0, 0.1) is 6.92 Å². The lowest BCUT2D eigenvalue weighted by Gasteiger charge is -2.21. The average molecular weight is 457 g/mol. The van der Waals surface area contributed by atoms with Gasteiger partial charge in [0, 0.05) is 30.8 Å². The number of pyridine rings is 1. The van der Waals surface area contributed by atoms with Crippen molar-refractivity contribution in [3.8, 4) is 0 Å². The zero-order chi connectivity index (χ0) is 22.9. The van der Waals surface area contributed by atoms with Gasteiger partial charge in [-0.2, -0.15) is 0 Å². The minimum Gasteiger partial charge on any atom is -0.279 e. The third kappa shape index (κ3) is 4.01. The van der Waals surface area contributed by atoms with E-state index in [1.165, 1.54) is 11.3 Å². The summed E-state index contributed by atoms with van der Waals surface area (Å²) in [7, 11) is 0. The van der Waals surface area contributed by atoms with Gasteiger partial charge in [-0.1, -0.05) is 35.6 Å². The van der Waals surface area contributed by atoms with Crippen molar-refractivity contribution in [1.29, 1.82) is 0 Å². The van der Waals surface area contributed by atoms with E-state index in [4.69, 9.17) is 4.98 Å². The van der Waals surface area contributed by atoms with Crippen LogP contribution in [0.3, 0.4) is 0 Å². The number of carbonyl (C=O) groups is 3. The number of amides is 3. The van der Waals surface area contributed by atoms with E-state index in [9.17, 15) is 14.4 Å². The highest BCUT2D eigenvalue weighted by atomic mass is 32.1. The number of hydrogen-bond acceptors (Lipinski definition) is 6. The third-order valence-corrected chi connectivity index (χ3v) is 6.60. The highest BCUT2D eigenvalue weighted by molar-refractivity contribution is 7.22. The largest absolute Gasteiger partial charge is 0.279 e. The van der Waals surface area contributed by atoms with Gasteiger partial charge in [-0.05, 0) is 48.4 Å². The predicted octanol–water partition coefficient (Wildman–Crippen LogP) is 4.50. The van der Waals surface area contributed by atoms with E-state index in [0.717, 1.165) is 26.2 Å². The Kier molecular flexibility index (Phi) is 5.43. The van der Waals surface area contributed by atoms with E-state index in [0.29, 0.717) is 16.4 Å². The third-order valence-electron chi connectivity index (χ3n) is 5.55. The molecule has 33 heavy (non-hydrogen) atoms. The average Bonchev–Trinajstić information content (AvgIpc) is 3.41. The summed E-state index contributed by atoms with van der Waals surface area (Å²) in [6.45, 7) is 2.28. The summed E-state index contributed by atoms with van der Waals surface area (Å²) in [6.07, 6.45) is 3.78. The van der Waals surface area contributed by atoms with Crippen LogP contribution >= 0.6 is 11.3 Å². The molecule has 5 rings (SSSR count). The highest BCUT2D eigenvalue weighted by Gasteiger charge is 2.31. The number of nitrogens with zero attached hydrogens (tertiary/aromatic N) is 4. The van der Waals surface area contributed by atoms with Crippen LogP contribution in [-0.2, 0) is 16.1 Å². The number of para-hydroxylation sites is 1.